The van der Waals surface area contributed by atoms with Gasteiger partial charge in [0.1, 0.15) is 22.7 Å². The van der Waals surface area contributed by atoms with Gasteiger partial charge >= 0.3 is 24.0 Å². The summed E-state index contributed by atoms with van der Waals surface area (Å²) < 4.78 is 21.6. The van der Waals surface area contributed by atoms with Crippen molar-refractivity contribution in [1.82, 2.24) is 0 Å². The molecule has 1 spiro atoms. The standard InChI is InChI=1S/C30H39NO11/c1-9-39-22(33)20-18(16-32)29(8,38)28(7,25(36)41-11-3)21(23(34)40-10-2)30(20)17-14-12-13-15-19(17)31(24(30)35)26(37)42-27(4,5)6/h12-16,18,20-21,38H,9-11H2,1-8H3/t18-,20+,21+,28-,29-,30-/m0/s1. The van der Waals surface area contributed by atoms with E-state index in [9.17, 15) is 33.9 Å². The first-order valence-corrected chi connectivity index (χ1v) is 13.9. The van der Waals surface area contributed by atoms with Crippen LogP contribution in [-0.4, -0.2) is 72.3 Å². The SMILES string of the molecule is CCOC(=O)[C@H]1[C@H](C=O)[C@](C)(O)[C@](C)(C(=O)OCC)[C@@H](C(=O)OCC)[C@@]12C(=O)N(C(=O)OC(C)(C)C)c1ccccc12. The number of ether oxygens (including phenoxy) is 4. The van der Waals surface area contributed by atoms with Crippen LogP contribution in [0.4, 0.5) is 10.5 Å². The Bertz CT molecular complexity index is 1280. The Morgan fingerprint density at radius 3 is 2.02 bits per heavy atom. The molecule has 1 aromatic carbocycles. The normalized spacial score (nSPS) is 30.4. The van der Waals surface area contributed by atoms with E-state index in [1.54, 1.807) is 20.8 Å². The minimum Gasteiger partial charge on any atom is -0.466 e. The quantitative estimate of drug-likeness (QED) is 0.283. The first-order valence-electron chi connectivity index (χ1n) is 13.9. The average Bonchev–Trinajstić information content (AvgIpc) is 3.14. The summed E-state index contributed by atoms with van der Waals surface area (Å²) in [4.78, 5) is 83.8. The zero-order chi connectivity index (χ0) is 31.8. The van der Waals surface area contributed by atoms with Gasteiger partial charge in [0, 0.05) is 0 Å². The molecule has 1 fully saturated rings. The van der Waals surface area contributed by atoms with Crippen LogP contribution in [0.1, 0.15) is 61.0 Å². The van der Waals surface area contributed by atoms with E-state index in [1.165, 1.54) is 52.0 Å². The lowest BCUT2D eigenvalue weighted by atomic mass is 9.41. The molecule has 230 valence electrons. The predicted molar refractivity (Wildman–Crippen MR) is 147 cm³/mol. The van der Waals surface area contributed by atoms with Gasteiger partial charge in [-0.15, -0.1) is 0 Å². The molecule has 0 unspecified atom stereocenters. The number of anilines is 1. The van der Waals surface area contributed by atoms with Crippen molar-refractivity contribution in [3.8, 4) is 0 Å². The molecule has 1 aromatic rings. The summed E-state index contributed by atoms with van der Waals surface area (Å²) in [5.74, 6) is -10.1. The molecule has 1 aliphatic carbocycles. The summed E-state index contributed by atoms with van der Waals surface area (Å²) in [6.45, 7) is 11.1. The first kappa shape index (κ1) is 32.7. The van der Waals surface area contributed by atoms with Crippen LogP contribution in [0.25, 0.3) is 0 Å². The van der Waals surface area contributed by atoms with Gasteiger partial charge in [0.05, 0.1) is 48.9 Å². The van der Waals surface area contributed by atoms with Crippen LogP contribution in [0, 0.1) is 23.2 Å². The maximum absolute atomic E-state index is 14.9. The number of esters is 3. The number of para-hydroxylation sites is 1. The van der Waals surface area contributed by atoms with E-state index in [1.807, 2.05) is 0 Å². The molecule has 12 nitrogen and oxygen atoms in total. The fourth-order valence-electron chi connectivity index (χ4n) is 6.41. The number of hydrogen-bond donors (Lipinski definition) is 1. The highest BCUT2D eigenvalue weighted by molar-refractivity contribution is 6.24. The first-order chi connectivity index (χ1) is 19.5. The predicted octanol–water partition coefficient (Wildman–Crippen LogP) is 2.71. The van der Waals surface area contributed by atoms with Gasteiger partial charge < -0.3 is 28.8 Å². The van der Waals surface area contributed by atoms with Crippen molar-refractivity contribution in [2.45, 2.75) is 72.0 Å². The monoisotopic (exact) mass is 589 g/mol. The van der Waals surface area contributed by atoms with Gasteiger partial charge in [-0.3, -0.25) is 19.2 Å². The van der Waals surface area contributed by atoms with Crippen molar-refractivity contribution in [2.75, 3.05) is 24.7 Å². The van der Waals surface area contributed by atoms with Crippen molar-refractivity contribution in [3.63, 3.8) is 0 Å². The van der Waals surface area contributed by atoms with E-state index in [2.05, 4.69) is 0 Å². The topological polar surface area (TPSA) is 163 Å². The van der Waals surface area contributed by atoms with Crippen LogP contribution in [0.2, 0.25) is 0 Å². The lowest BCUT2D eigenvalue weighted by Crippen LogP contribution is -2.76. The zero-order valence-electron chi connectivity index (χ0n) is 25.2. The summed E-state index contributed by atoms with van der Waals surface area (Å²) >= 11 is 0. The molecule has 2 aliphatic rings. The Hall–Kier alpha value is -3.80. The van der Waals surface area contributed by atoms with E-state index in [4.69, 9.17) is 18.9 Å². The van der Waals surface area contributed by atoms with Crippen LogP contribution >= 0.6 is 0 Å². The van der Waals surface area contributed by atoms with Gasteiger partial charge in [-0.1, -0.05) is 18.2 Å². The van der Waals surface area contributed by atoms with Crippen LogP contribution < -0.4 is 4.90 Å². The van der Waals surface area contributed by atoms with Crippen molar-refractivity contribution < 1.29 is 52.8 Å². The highest BCUT2D eigenvalue weighted by Gasteiger charge is 2.81. The van der Waals surface area contributed by atoms with Gasteiger partial charge in [-0.2, -0.15) is 0 Å². The number of carbonyl (C=O) groups is 6. The number of amides is 2. The highest BCUT2D eigenvalue weighted by atomic mass is 16.6. The summed E-state index contributed by atoms with van der Waals surface area (Å²) in [5.41, 5.74) is -8.34. The number of rotatable bonds is 7. The molecular formula is C30H39NO11. The number of nitrogens with zero attached hydrogens (tertiary/aromatic N) is 1. The second-order valence-electron chi connectivity index (χ2n) is 11.7. The number of fused-ring (bicyclic) bond motifs is 2. The summed E-state index contributed by atoms with van der Waals surface area (Å²) in [5, 5.41) is 12.1. The van der Waals surface area contributed by atoms with Crippen molar-refractivity contribution in [1.29, 1.82) is 0 Å². The number of carbonyl (C=O) groups excluding carboxylic acids is 6. The molecule has 6 atom stereocenters. The Morgan fingerprint density at radius 1 is 0.952 bits per heavy atom. The van der Waals surface area contributed by atoms with Crippen LogP contribution in [-0.2, 0) is 48.3 Å². The Balaban J connectivity index is 2.59. The van der Waals surface area contributed by atoms with Crippen molar-refractivity contribution >= 4 is 41.9 Å². The minimum absolute atomic E-state index is 0.0187. The second-order valence-corrected chi connectivity index (χ2v) is 11.7. The smallest absolute Gasteiger partial charge is 0.421 e. The van der Waals surface area contributed by atoms with Crippen LogP contribution in [0.15, 0.2) is 24.3 Å². The molecule has 2 amide bonds. The Labute approximate surface area is 244 Å². The van der Waals surface area contributed by atoms with Gasteiger partial charge in [0.15, 0.2) is 0 Å². The number of benzene rings is 1. The fourth-order valence-corrected chi connectivity index (χ4v) is 6.41. The minimum atomic E-state index is -2.45. The fraction of sp³-hybridized carbons (Fsp3) is 0.600. The van der Waals surface area contributed by atoms with E-state index < -0.39 is 69.7 Å². The molecule has 0 saturated heterocycles. The van der Waals surface area contributed by atoms with E-state index >= 15 is 0 Å². The molecule has 3 rings (SSSR count). The number of imide groups is 1. The summed E-state index contributed by atoms with van der Waals surface area (Å²) in [6.07, 6.45) is -0.853. The molecule has 42 heavy (non-hydrogen) atoms. The highest BCUT2D eigenvalue weighted by Crippen LogP contribution is 2.66. The largest absolute Gasteiger partial charge is 0.466 e. The number of hydrogen-bond acceptors (Lipinski definition) is 11. The van der Waals surface area contributed by atoms with Gasteiger partial charge in [0.25, 0.3) is 0 Å². The molecule has 1 N–H and O–H groups in total. The number of aliphatic hydroxyl groups is 1. The van der Waals surface area contributed by atoms with Crippen molar-refractivity contribution in [3.05, 3.63) is 29.8 Å². The lowest BCUT2D eigenvalue weighted by molar-refractivity contribution is -0.230. The van der Waals surface area contributed by atoms with Gasteiger partial charge in [-0.05, 0) is 67.0 Å². The third-order valence-corrected chi connectivity index (χ3v) is 8.22. The van der Waals surface area contributed by atoms with Gasteiger partial charge in [-0.25, -0.2) is 9.69 Å². The number of aldehydes is 1. The van der Waals surface area contributed by atoms with E-state index in [0.29, 0.717) is 4.90 Å². The average molecular weight is 590 g/mol. The molecular weight excluding hydrogens is 550 g/mol. The maximum Gasteiger partial charge on any atom is 0.421 e. The third kappa shape index (κ3) is 4.65. The molecule has 12 heteroatoms. The summed E-state index contributed by atoms with van der Waals surface area (Å²) in [7, 11) is 0. The lowest BCUT2D eigenvalue weighted by Gasteiger charge is -2.59. The summed E-state index contributed by atoms with van der Waals surface area (Å²) in [6, 6.07) is 5.88. The van der Waals surface area contributed by atoms with E-state index in [-0.39, 0.29) is 37.4 Å². The Morgan fingerprint density at radius 2 is 1.50 bits per heavy atom. The maximum atomic E-state index is 14.9. The third-order valence-electron chi connectivity index (χ3n) is 8.22. The van der Waals surface area contributed by atoms with Gasteiger partial charge in [0.2, 0.25) is 5.91 Å². The molecule has 0 aromatic heterocycles. The van der Waals surface area contributed by atoms with E-state index in [0.717, 1.165) is 6.92 Å². The molecule has 1 aliphatic heterocycles. The molecule has 0 radical (unpaired) electrons. The molecule has 1 heterocycles. The Kier molecular flexibility index (Phi) is 8.93. The van der Waals surface area contributed by atoms with Crippen LogP contribution in [0.5, 0.6) is 0 Å². The van der Waals surface area contributed by atoms with Crippen LogP contribution in [0.3, 0.4) is 0 Å². The molecule has 1 saturated carbocycles. The second kappa shape index (κ2) is 11.5. The van der Waals surface area contributed by atoms with Crippen molar-refractivity contribution in [2.24, 2.45) is 23.2 Å². The molecule has 0 bridgehead atoms. The zero-order valence-corrected chi connectivity index (χ0v) is 25.2.